The zero-order valence-electron chi connectivity index (χ0n) is 11.6. The molecule has 1 aliphatic rings. The quantitative estimate of drug-likeness (QED) is 0.685. The Hall–Kier alpha value is -2.34. The van der Waals surface area contributed by atoms with Crippen molar-refractivity contribution in [2.45, 2.75) is 18.9 Å². The van der Waals surface area contributed by atoms with Gasteiger partial charge in [-0.1, -0.05) is 6.07 Å². The molecule has 1 aliphatic heterocycles. The summed E-state index contributed by atoms with van der Waals surface area (Å²) in [7, 11) is 0. The molecule has 0 spiro atoms. The molecule has 0 aliphatic carbocycles. The number of anilines is 1. The number of rotatable bonds is 4. The molecule has 6 heteroatoms. The second kappa shape index (κ2) is 5.97. The molecule has 6 nitrogen and oxygen atoms in total. The minimum atomic E-state index is -0.437. The van der Waals surface area contributed by atoms with Crippen molar-refractivity contribution >= 4 is 11.7 Å². The first-order valence-corrected chi connectivity index (χ1v) is 6.93. The molecular weight excluding hydrogens is 270 g/mol. The van der Waals surface area contributed by atoms with E-state index in [2.05, 4.69) is 5.10 Å². The van der Waals surface area contributed by atoms with E-state index < -0.39 is 5.97 Å². The topological polar surface area (TPSA) is 79.4 Å². The summed E-state index contributed by atoms with van der Waals surface area (Å²) in [5, 5.41) is 4.21. The summed E-state index contributed by atoms with van der Waals surface area (Å²) < 4.78 is 12.2. The summed E-state index contributed by atoms with van der Waals surface area (Å²) in [5.41, 5.74) is 7.45. The van der Waals surface area contributed by atoms with Crippen LogP contribution in [0.25, 0.3) is 5.69 Å². The molecule has 21 heavy (non-hydrogen) atoms. The van der Waals surface area contributed by atoms with Gasteiger partial charge in [0.1, 0.15) is 6.61 Å². The predicted molar refractivity (Wildman–Crippen MR) is 77.2 cm³/mol. The van der Waals surface area contributed by atoms with Crippen LogP contribution >= 0.6 is 0 Å². The summed E-state index contributed by atoms with van der Waals surface area (Å²) in [6, 6.07) is 8.91. The Bertz CT molecular complexity index is 633. The van der Waals surface area contributed by atoms with Crippen LogP contribution in [-0.2, 0) is 9.47 Å². The summed E-state index contributed by atoms with van der Waals surface area (Å²) in [6.07, 6.45) is 3.68. The number of hydrogen-bond donors (Lipinski definition) is 1. The fourth-order valence-corrected chi connectivity index (χ4v) is 2.26. The number of ether oxygens (including phenoxy) is 2. The van der Waals surface area contributed by atoms with Crippen LogP contribution in [0, 0.1) is 0 Å². The molecule has 1 unspecified atom stereocenters. The van der Waals surface area contributed by atoms with Crippen molar-refractivity contribution in [1.29, 1.82) is 0 Å². The molecule has 1 atom stereocenters. The molecule has 1 aromatic carbocycles. The second-order valence-electron chi connectivity index (χ2n) is 4.97. The number of benzene rings is 1. The summed E-state index contributed by atoms with van der Waals surface area (Å²) in [4.78, 5) is 11.9. The lowest BCUT2D eigenvalue weighted by molar-refractivity contribution is 0.0156. The Morgan fingerprint density at radius 3 is 3.14 bits per heavy atom. The van der Waals surface area contributed by atoms with Crippen LogP contribution < -0.4 is 5.73 Å². The van der Waals surface area contributed by atoms with Crippen LogP contribution in [0.15, 0.2) is 36.5 Å². The van der Waals surface area contributed by atoms with E-state index in [0.717, 1.165) is 25.1 Å². The number of carbonyl (C=O) groups excluding carboxylic acids is 1. The molecule has 2 aromatic rings. The van der Waals surface area contributed by atoms with Crippen molar-refractivity contribution in [3.63, 3.8) is 0 Å². The molecule has 110 valence electrons. The summed E-state index contributed by atoms with van der Waals surface area (Å²) >= 11 is 0. The van der Waals surface area contributed by atoms with E-state index in [9.17, 15) is 4.79 Å². The van der Waals surface area contributed by atoms with Crippen LogP contribution in [0.3, 0.4) is 0 Å². The van der Waals surface area contributed by atoms with E-state index in [4.69, 9.17) is 15.2 Å². The minimum absolute atomic E-state index is 0.0185. The first kappa shape index (κ1) is 13.6. The number of hydrogen-bond acceptors (Lipinski definition) is 5. The van der Waals surface area contributed by atoms with Crippen LogP contribution in [-0.4, -0.2) is 35.1 Å². The molecule has 1 saturated heterocycles. The highest BCUT2D eigenvalue weighted by atomic mass is 16.6. The van der Waals surface area contributed by atoms with Gasteiger partial charge >= 0.3 is 5.97 Å². The molecule has 0 radical (unpaired) electrons. The van der Waals surface area contributed by atoms with Crippen molar-refractivity contribution in [1.82, 2.24) is 9.78 Å². The lowest BCUT2D eigenvalue weighted by Gasteiger charge is -2.08. The molecule has 3 rings (SSSR count). The highest BCUT2D eigenvalue weighted by Crippen LogP contribution is 2.14. The van der Waals surface area contributed by atoms with E-state index >= 15 is 0 Å². The SMILES string of the molecule is Nc1cccc(-n2ccc(C(=O)OCC3CCCO3)n2)c1. The first-order chi connectivity index (χ1) is 10.2. The van der Waals surface area contributed by atoms with Gasteiger partial charge < -0.3 is 15.2 Å². The molecule has 1 aromatic heterocycles. The zero-order valence-corrected chi connectivity index (χ0v) is 11.6. The lowest BCUT2D eigenvalue weighted by atomic mass is 10.2. The third kappa shape index (κ3) is 3.22. The lowest BCUT2D eigenvalue weighted by Crippen LogP contribution is -2.18. The maximum absolute atomic E-state index is 11.9. The second-order valence-corrected chi connectivity index (χ2v) is 4.97. The molecule has 0 bridgehead atoms. The monoisotopic (exact) mass is 287 g/mol. The minimum Gasteiger partial charge on any atom is -0.458 e. The largest absolute Gasteiger partial charge is 0.458 e. The Morgan fingerprint density at radius 1 is 1.48 bits per heavy atom. The van der Waals surface area contributed by atoms with Crippen LogP contribution in [0.1, 0.15) is 23.3 Å². The molecule has 1 fully saturated rings. The fourth-order valence-electron chi connectivity index (χ4n) is 2.26. The number of carbonyl (C=O) groups is 1. The third-order valence-electron chi connectivity index (χ3n) is 3.36. The van der Waals surface area contributed by atoms with E-state index in [1.165, 1.54) is 0 Å². The van der Waals surface area contributed by atoms with Gasteiger partial charge in [0, 0.05) is 18.5 Å². The van der Waals surface area contributed by atoms with E-state index in [-0.39, 0.29) is 18.4 Å². The van der Waals surface area contributed by atoms with Crippen molar-refractivity contribution < 1.29 is 14.3 Å². The Kier molecular flexibility index (Phi) is 3.87. The van der Waals surface area contributed by atoms with Gasteiger partial charge in [-0.2, -0.15) is 5.10 Å². The molecule has 2 heterocycles. The van der Waals surface area contributed by atoms with E-state index in [1.54, 1.807) is 29.1 Å². The molecule has 0 amide bonds. The van der Waals surface area contributed by atoms with Crippen molar-refractivity contribution in [2.24, 2.45) is 0 Å². The Morgan fingerprint density at radius 2 is 2.38 bits per heavy atom. The maximum Gasteiger partial charge on any atom is 0.358 e. The third-order valence-corrected chi connectivity index (χ3v) is 3.36. The molecular formula is C15H17N3O3. The van der Waals surface area contributed by atoms with Gasteiger partial charge in [0.15, 0.2) is 5.69 Å². The van der Waals surface area contributed by atoms with Crippen LogP contribution in [0.5, 0.6) is 0 Å². The predicted octanol–water partition coefficient (Wildman–Crippen LogP) is 1.79. The number of esters is 1. The molecule has 0 saturated carbocycles. The number of aromatic nitrogens is 2. The van der Waals surface area contributed by atoms with Crippen molar-refractivity contribution in [3.8, 4) is 5.69 Å². The van der Waals surface area contributed by atoms with Gasteiger partial charge in [0.25, 0.3) is 0 Å². The normalized spacial score (nSPS) is 17.8. The molecule has 2 N–H and O–H groups in total. The highest BCUT2D eigenvalue weighted by Gasteiger charge is 2.19. The van der Waals surface area contributed by atoms with Gasteiger partial charge in [-0.25, -0.2) is 9.48 Å². The van der Waals surface area contributed by atoms with Gasteiger partial charge in [-0.3, -0.25) is 0 Å². The highest BCUT2D eigenvalue weighted by molar-refractivity contribution is 5.87. The van der Waals surface area contributed by atoms with Crippen LogP contribution in [0.4, 0.5) is 5.69 Å². The van der Waals surface area contributed by atoms with Gasteiger partial charge in [0.2, 0.25) is 0 Å². The maximum atomic E-state index is 11.9. The van der Waals surface area contributed by atoms with Gasteiger partial charge in [0.05, 0.1) is 11.8 Å². The van der Waals surface area contributed by atoms with E-state index in [0.29, 0.717) is 5.69 Å². The fraction of sp³-hybridized carbons (Fsp3) is 0.333. The zero-order chi connectivity index (χ0) is 14.7. The van der Waals surface area contributed by atoms with Crippen molar-refractivity contribution in [2.75, 3.05) is 18.9 Å². The first-order valence-electron chi connectivity index (χ1n) is 6.93. The standard InChI is InChI=1S/C15H17N3O3/c16-11-3-1-4-12(9-11)18-7-6-14(17-18)15(19)21-10-13-5-2-8-20-13/h1,3-4,6-7,9,13H,2,5,8,10,16H2. The smallest absolute Gasteiger partial charge is 0.358 e. The number of nitrogens with two attached hydrogens (primary N) is 1. The number of nitrogen functional groups attached to an aromatic ring is 1. The Balaban J connectivity index is 1.65. The Labute approximate surface area is 122 Å². The van der Waals surface area contributed by atoms with Gasteiger partial charge in [-0.05, 0) is 37.1 Å². The van der Waals surface area contributed by atoms with Crippen LogP contribution in [0.2, 0.25) is 0 Å². The van der Waals surface area contributed by atoms with Crippen molar-refractivity contribution in [3.05, 3.63) is 42.2 Å². The summed E-state index contributed by atoms with van der Waals surface area (Å²) in [6.45, 7) is 1.02. The van der Waals surface area contributed by atoms with Gasteiger partial charge in [-0.15, -0.1) is 0 Å². The summed E-state index contributed by atoms with van der Waals surface area (Å²) in [5.74, 6) is -0.437. The number of nitrogens with zero attached hydrogens (tertiary/aromatic N) is 2. The van der Waals surface area contributed by atoms with E-state index in [1.807, 2.05) is 12.1 Å². The average molecular weight is 287 g/mol. The average Bonchev–Trinajstić information content (AvgIpc) is 3.16.